The molecule has 1 aromatic rings. The summed E-state index contributed by atoms with van der Waals surface area (Å²) >= 11 is 0. The standard InChI is InChI=1S/C17H23N3O3.HI/c1-2-18-17(20-13-8-12-6-7-14(13)23-12)19-9-11-4-3-5-15-16(11)22-10-21-15;/h3-5,12-14H,2,6-10H2,1H3,(H2,18,19,20);1H. The molecule has 2 N–H and O–H groups in total. The smallest absolute Gasteiger partial charge is 0.231 e. The first-order valence-corrected chi connectivity index (χ1v) is 8.41. The van der Waals surface area contributed by atoms with E-state index in [4.69, 9.17) is 19.2 Å². The van der Waals surface area contributed by atoms with Crippen molar-refractivity contribution in [3.63, 3.8) is 0 Å². The van der Waals surface area contributed by atoms with Crippen molar-refractivity contribution >= 4 is 29.9 Å². The fraction of sp³-hybridized carbons (Fsp3) is 0.588. The summed E-state index contributed by atoms with van der Waals surface area (Å²) in [6, 6.07) is 6.29. The highest BCUT2D eigenvalue weighted by Crippen LogP contribution is 2.36. The van der Waals surface area contributed by atoms with Crippen molar-refractivity contribution in [3.05, 3.63) is 23.8 Å². The largest absolute Gasteiger partial charge is 0.454 e. The molecule has 24 heavy (non-hydrogen) atoms. The second-order valence-corrected chi connectivity index (χ2v) is 6.21. The molecule has 3 heterocycles. The molecule has 1 aromatic carbocycles. The predicted molar refractivity (Wildman–Crippen MR) is 102 cm³/mol. The Bertz CT molecular complexity index is 611. The molecule has 3 atom stereocenters. The fourth-order valence-corrected chi connectivity index (χ4v) is 3.56. The third-order valence-corrected chi connectivity index (χ3v) is 4.66. The van der Waals surface area contributed by atoms with Gasteiger partial charge in [0.1, 0.15) is 0 Å². The number of ether oxygens (including phenoxy) is 3. The van der Waals surface area contributed by atoms with Gasteiger partial charge in [0.2, 0.25) is 6.79 Å². The Kier molecular flexibility index (Phi) is 5.70. The highest BCUT2D eigenvalue weighted by Gasteiger charge is 2.41. The van der Waals surface area contributed by atoms with Crippen LogP contribution in [-0.4, -0.2) is 37.5 Å². The highest BCUT2D eigenvalue weighted by molar-refractivity contribution is 14.0. The van der Waals surface area contributed by atoms with E-state index in [1.807, 2.05) is 18.2 Å². The molecule has 2 fully saturated rings. The molecule has 6 nitrogen and oxygen atoms in total. The number of nitrogens with one attached hydrogen (secondary N) is 2. The van der Waals surface area contributed by atoms with Crippen molar-refractivity contribution in [1.82, 2.24) is 10.6 Å². The van der Waals surface area contributed by atoms with Crippen molar-refractivity contribution in [2.45, 2.75) is 51.0 Å². The Balaban J connectivity index is 0.00000169. The Morgan fingerprint density at radius 3 is 2.96 bits per heavy atom. The zero-order valence-electron chi connectivity index (χ0n) is 13.8. The summed E-state index contributed by atoms with van der Waals surface area (Å²) in [6.07, 6.45) is 4.19. The van der Waals surface area contributed by atoms with Gasteiger partial charge in [-0.1, -0.05) is 12.1 Å². The lowest BCUT2D eigenvalue weighted by atomic mass is 9.96. The molecule has 2 saturated heterocycles. The van der Waals surface area contributed by atoms with Crippen molar-refractivity contribution in [2.24, 2.45) is 4.99 Å². The molecule has 0 aromatic heterocycles. The van der Waals surface area contributed by atoms with E-state index in [-0.39, 0.29) is 30.8 Å². The van der Waals surface area contributed by atoms with Crippen LogP contribution >= 0.6 is 24.0 Å². The van der Waals surface area contributed by atoms with Gasteiger partial charge in [0.15, 0.2) is 17.5 Å². The van der Waals surface area contributed by atoms with Crippen LogP contribution in [0.25, 0.3) is 0 Å². The van der Waals surface area contributed by atoms with Gasteiger partial charge in [-0.25, -0.2) is 4.99 Å². The maximum absolute atomic E-state index is 5.91. The topological polar surface area (TPSA) is 64.1 Å². The third-order valence-electron chi connectivity index (χ3n) is 4.66. The fourth-order valence-electron chi connectivity index (χ4n) is 3.56. The van der Waals surface area contributed by atoms with Crippen molar-refractivity contribution in [2.75, 3.05) is 13.3 Å². The second kappa shape index (κ2) is 7.77. The van der Waals surface area contributed by atoms with Gasteiger partial charge in [-0.05, 0) is 32.3 Å². The zero-order chi connectivity index (χ0) is 15.6. The van der Waals surface area contributed by atoms with Crippen LogP contribution in [0.4, 0.5) is 0 Å². The average molecular weight is 445 g/mol. The van der Waals surface area contributed by atoms with E-state index >= 15 is 0 Å². The van der Waals surface area contributed by atoms with Gasteiger partial charge in [0, 0.05) is 12.1 Å². The summed E-state index contributed by atoms with van der Waals surface area (Å²) in [7, 11) is 0. The van der Waals surface area contributed by atoms with Gasteiger partial charge >= 0.3 is 0 Å². The maximum Gasteiger partial charge on any atom is 0.231 e. The minimum absolute atomic E-state index is 0. The first kappa shape index (κ1) is 17.6. The number of hydrogen-bond donors (Lipinski definition) is 2. The van der Waals surface area contributed by atoms with E-state index in [0.29, 0.717) is 24.8 Å². The van der Waals surface area contributed by atoms with Crippen molar-refractivity contribution in [3.8, 4) is 11.5 Å². The number of hydrogen-bond acceptors (Lipinski definition) is 4. The number of benzene rings is 1. The molecule has 3 aliphatic heterocycles. The summed E-state index contributed by atoms with van der Waals surface area (Å²) in [5.41, 5.74) is 1.04. The summed E-state index contributed by atoms with van der Waals surface area (Å²) in [5, 5.41) is 6.85. The Morgan fingerprint density at radius 2 is 2.21 bits per heavy atom. The van der Waals surface area contributed by atoms with Crippen LogP contribution in [0, 0.1) is 0 Å². The Labute approximate surface area is 159 Å². The molecule has 0 amide bonds. The van der Waals surface area contributed by atoms with Crippen LogP contribution in [0.3, 0.4) is 0 Å². The molecule has 3 unspecified atom stereocenters. The van der Waals surface area contributed by atoms with Gasteiger partial charge in [-0.2, -0.15) is 0 Å². The lowest BCUT2D eigenvalue weighted by Gasteiger charge is -2.22. The normalized spacial score (nSPS) is 27.0. The summed E-state index contributed by atoms with van der Waals surface area (Å²) in [5.74, 6) is 2.46. The molecule has 2 bridgehead atoms. The number of fused-ring (bicyclic) bond motifs is 3. The average Bonchev–Trinajstić information content (AvgIpc) is 3.28. The number of aliphatic imine (C=N–C) groups is 1. The van der Waals surface area contributed by atoms with Crippen molar-refractivity contribution in [1.29, 1.82) is 0 Å². The lowest BCUT2D eigenvalue weighted by Crippen LogP contribution is -2.47. The molecule has 4 rings (SSSR count). The molecule has 132 valence electrons. The Morgan fingerprint density at radius 1 is 1.29 bits per heavy atom. The van der Waals surface area contributed by atoms with Crippen LogP contribution in [0.15, 0.2) is 23.2 Å². The van der Waals surface area contributed by atoms with Crippen LogP contribution in [0.2, 0.25) is 0 Å². The summed E-state index contributed by atoms with van der Waals surface area (Å²) < 4.78 is 16.9. The molecule has 0 saturated carbocycles. The van der Waals surface area contributed by atoms with E-state index in [2.05, 4.69) is 17.6 Å². The van der Waals surface area contributed by atoms with Crippen LogP contribution in [-0.2, 0) is 11.3 Å². The number of para-hydroxylation sites is 1. The quantitative estimate of drug-likeness (QED) is 0.424. The van der Waals surface area contributed by atoms with E-state index in [1.165, 1.54) is 6.42 Å². The molecule has 7 heteroatoms. The molecule has 0 spiro atoms. The van der Waals surface area contributed by atoms with Gasteiger partial charge in [-0.15, -0.1) is 24.0 Å². The summed E-state index contributed by atoms with van der Waals surface area (Å²) in [4.78, 5) is 4.71. The van der Waals surface area contributed by atoms with E-state index in [9.17, 15) is 0 Å². The molecular weight excluding hydrogens is 421 g/mol. The number of halogens is 1. The number of guanidine groups is 1. The second-order valence-electron chi connectivity index (χ2n) is 6.21. The zero-order valence-corrected chi connectivity index (χ0v) is 16.1. The minimum Gasteiger partial charge on any atom is -0.454 e. The predicted octanol–water partition coefficient (Wildman–Crippen LogP) is 2.41. The first-order chi connectivity index (χ1) is 11.3. The van der Waals surface area contributed by atoms with E-state index < -0.39 is 0 Å². The monoisotopic (exact) mass is 445 g/mol. The van der Waals surface area contributed by atoms with Crippen LogP contribution in [0.5, 0.6) is 11.5 Å². The number of nitrogens with zero attached hydrogens (tertiary/aromatic N) is 1. The van der Waals surface area contributed by atoms with Crippen molar-refractivity contribution < 1.29 is 14.2 Å². The van der Waals surface area contributed by atoms with E-state index in [0.717, 1.165) is 42.4 Å². The van der Waals surface area contributed by atoms with Crippen LogP contribution < -0.4 is 20.1 Å². The van der Waals surface area contributed by atoms with Gasteiger partial charge in [0.25, 0.3) is 0 Å². The van der Waals surface area contributed by atoms with E-state index in [1.54, 1.807) is 0 Å². The third kappa shape index (κ3) is 3.56. The SMILES string of the molecule is CCNC(=NCc1cccc2c1OCO2)NC1CC2CCC1O2.I. The maximum atomic E-state index is 5.91. The number of rotatable bonds is 4. The Hall–Kier alpha value is -1.22. The molecule has 0 aliphatic carbocycles. The molecular formula is C17H24IN3O3. The minimum atomic E-state index is 0. The summed E-state index contributed by atoms with van der Waals surface area (Å²) in [6.45, 7) is 3.76. The molecule has 3 aliphatic rings. The van der Waals surface area contributed by atoms with Gasteiger partial charge < -0.3 is 24.8 Å². The highest BCUT2D eigenvalue weighted by atomic mass is 127. The van der Waals surface area contributed by atoms with Gasteiger partial charge in [0.05, 0.1) is 24.8 Å². The lowest BCUT2D eigenvalue weighted by molar-refractivity contribution is 0.0992. The van der Waals surface area contributed by atoms with Crippen LogP contribution in [0.1, 0.15) is 31.7 Å². The van der Waals surface area contributed by atoms with Gasteiger partial charge in [-0.3, -0.25) is 0 Å². The first-order valence-electron chi connectivity index (χ1n) is 8.41. The molecule has 0 radical (unpaired) electrons.